The smallest absolute Gasteiger partial charge is 0.184 e. The van der Waals surface area contributed by atoms with E-state index in [-0.39, 0.29) is 11.7 Å². The molecule has 3 rings (SSSR count). The van der Waals surface area contributed by atoms with E-state index in [9.17, 15) is 4.79 Å². The minimum atomic E-state index is 0.133. The number of hydrogen-bond donors (Lipinski definition) is 0. The topological polar surface area (TPSA) is 33.2 Å². The number of aryl methyl sites for hydroxylation is 3. The molecule has 1 fully saturated rings. The fourth-order valence-corrected chi connectivity index (χ4v) is 3.47. The van der Waals surface area contributed by atoms with Crippen LogP contribution in [0.5, 0.6) is 0 Å². The second-order valence-electron chi connectivity index (χ2n) is 6.94. The largest absolute Gasteiger partial charge is 0.306 e. The SMILES string of the molecule is Cc1cccc(CCc2cccnc2C(=O)C2CCN(C)CC2)c1. The highest BCUT2D eigenvalue weighted by Gasteiger charge is 2.26. The third-order valence-electron chi connectivity index (χ3n) is 4.98. The molecular weight excluding hydrogens is 296 g/mol. The average Bonchev–Trinajstić information content (AvgIpc) is 2.60. The summed E-state index contributed by atoms with van der Waals surface area (Å²) in [6, 6.07) is 12.6. The number of likely N-dealkylation sites (tertiary alicyclic amines) is 1. The van der Waals surface area contributed by atoms with Crippen molar-refractivity contribution in [1.29, 1.82) is 0 Å². The number of hydrogen-bond acceptors (Lipinski definition) is 3. The molecule has 0 aliphatic carbocycles. The van der Waals surface area contributed by atoms with Crippen LogP contribution in [0.1, 0.15) is 40.0 Å². The standard InChI is InChI=1S/C21H26N2O/c1-16-5-3-6-17(15-16)8-9-18-7-4-12-22-20(18)21(24)19-10-13-23(2)14-11-19/h3-7,12,15,19H,8-11,13-14H2,1-2H3. The molecule has 0 atom stereocenters. The van der Waals surface area contributed by atoms with Gasteiger partial charge in [0.15, 0.2) is 5.78 Å². The summed E-state index contributed by atoms with van der Waals surface area (Å²) in [6.45, 7) is 4.12. The Morgan fingerprint density at radius 1 is 1.17 bits per heavy atom. The van der Waals surface area contributed by atoms with Crippen LogP contribution < -0.4 is 0 Å². The van der Waals surface area contributed by atoms with E-state index in [0.29, 0.717) is 5.69 Å². The van der Waals surface area contributed by atoms with Crippen LogP contribution in [0.2, 0.25) is 0 Å². The highest BCUT2D eigenvalue weighted by atomic mass is 16.1. The zero-order valence-electron chi connectivity index (χ0n) is 14.7. The van der Waals surface area contributed by atoms with Crippen LogP contribution in [0, 0.1) is 12.8 Å². The van der Waals surface area contributed by atoms with Gasteiger partial charge in [-0.2, -0.15) is 0 Å². The van der Waals surface area contributed by atoms with E-state index in [2.05, 4.69) is 54.2 Å². The number of ketones is 1. The van der Waals surface area contributed by atoms with Crippen LogP contribution in [0.15, 0.2) is 42.6 Å². The second-order valence-corrected chi connectivity index (χ2v) is 6.94. The number of benzene rings is 1. The van der Waals surface area contributed by atoms with Crippen LogP contribution in [0.4, 0.5) is 0 Å². The molecule has 0 spiro atoms. The molecule has 3 nitrogen and oxygen atoms in total. The first kappa shape index (κ1) is 16.8. The van der Waals surface area contributed by atoms with Crippen molar-refractivity contribution in [2.24, 2.45) is 5.92 Å². The third-order valence-corrected chi connectivity index (χ3v) is 4.98. The van der Waals surface area contributed by atoms with Crippen LogP contribution in [0.3, 0.4) is 0 Å². The van der Waals surface area contributed by atoms with Gasteiger partial charge in [0.1, 0.15) is 5.69 Å². The van der Waals surface area contributed by atoms with E-state index in [1.807, 2.05) is 6.07 Å². The van der Waals surface area contributed by atoms with Gasteiger partial charge in [0.25, 0.3) is 0 Å². The maximum atomic E-state index is 12.9. The summed E-state index contributed by atoms with van der Waals surface area (Å²) in [6.07, 6.45) is 5.46. The molecule has 1 saturated heterocycles. The van der Waals surface area contributed by atoms with Crippen LogP contribution >= 0.6 is 0 Å². The Balaban J connectivity index is 1.71. The van der Waals surface area contributed by atoms with Crippen LogP contribution in [-0.4, -0.2) is 35.8 Å². The summed E-state index contributed by atoms with van der Waals surface area (Å²) in [7, 11) is 2.12. The quantitative estimate of drug-likeness (QED) is 0.787. The minimum Gasteiger partial charge on any atom is -0.306 e. The van der Waals surface area contributed by atoms with Crippen molar-refractivity contribution in [2.45, 2.75) is 32.6 Å². The second kappa shape index (κ2) is 7.71. The molecular formula is C21H26N2O. The fourth-order valence-electron chi connectivity index (χ4n) is 3.47. The number of piperidine rings is 1. The molecule has 1 aromatic heterocycles. The van der Waals surface area contributed by atoms with Gasteiger partial charge in [0.05, 0.1) is 0 Å². The highest BCUT2D eigenvalue weighted by molar-refractivity contribution is 5.97. The molecule has 0 unspecified atom stereocenters. The number of pyridine rings is 1. The van der Waals surface area contributed by atoms with Crippen molar-refractivity contribution >= 4 is 5.78 Å². The summed E-state index contributed by atoms with van der Waals surface area (Å²) in [5, 5.41) is 0. The first-order chi connectivity index (χ1) is 11.6. The molecule has 1 aromatic carbocycles. The molecule has 2 heterocycles. The van der Waals surface area contributed by atoms with E-state index in [1.54, 1.807) is 6.20 Å². The first-order valence-corrected chi connectivity index (χ1v) is 8.85. The lowest BCUT2D eigenvalue weighted by Gasteiger charge is -2.28. The lowest BCUT2D eigenvalue weighted by molar-refractivity contribution is 0.0850. The van der Waals surface area contributed by atoms with Gasteiger partial charge in [-0.3, -0.25) is 9.78 Å². The fraction of sp³-hybridized carbons (Fsp3) is 0.429. The Kier molecular flexibility index (Phi) is 5.41. The summed E-state index contributed by atoms with van der Waals surface area (Å²) in [5.41, 5.74) is 4.38. The van der Waals surface area contributed by atoms with Crippen LogP contribution in [-0.2, 0) is 12.8 Å². The number of rotatable bonds is 5. The molecule has 3 heteroatoms. The molecule has 24 heavy (non-hydrogen) atoms. The van der Waals surface area contributed by atoms with E-state index in [0.717, 1.165) is 44.3 Å². The molecule has 0 amide bonds. The van der Waals surface area contributed by atoms with Gasteiger partial charge < -0.3 is 4.90 Å². The molecule has 126 valence electrons. The zero-order valence-corrected chi connectivity index (χ0v) is 14.7. The molecule has 0 N–H and O–H groups in total. The van der Waals surface area contributed by atoms with Gasteiger partial charge in [-0.05, 0) is 69.9 Å². The Morgan fingerprint density at radius 2 is 1.96 bits per heavy atom. The summed E-state index contributed by atoms with van der Waals surface area (Å²) < 4.78 is 0. The van der Waals surface area contributed by atoms with E-state index < -0.39 is 0 Å². The average molecular weight is 322 g/mol. The number of carbonyl (C=O) groups excluding carboxylic acids is 1. The van der Waals surface area contributed by atoms with E-state index in [4.69, 9.17) is 0 Å². The van der Waals surface area contributed by atoms with Gasteiger partial charge >= 0.3 is 0 Å². The predicted molar refractivity (Wildman–Crippen MR) is 97.4 cm³/mol. The molecule has 1 aliphatic rings. The van der Waals surface area contributed by atoms with Crippen molar-refractivity contribution in [3.63, 3.8) is 0 Å². The Morgan fingerprint density at radius 3 is 2.71 bits per heavy atom. The number of aromatic nitrogens is 1. The maximum Gasteiger partial charge on any atom is 0.184 e. The van der Waals surface area contributed by atoms with Crippen molar-refractivity contribution < 1.29 is 4.79 Å². The third kappa shape index (κ3) is 4.09. The van der Waals surface area contributed by atoms with Crippen molar-refractivity contribution in [1.82, 2.24) is 9.88 Å². The van der Waals surface area contributed by atoms with Crippen molar-refractivity contribution in [3.05, 3.63) is 65.0 Å². The van der Waals surface area contributed by atoms with Gasteiger partial charge in [0, 0.05) is 12.1 Å². The number of carbonyl (C=O) groups is 1. The van der Waals surface area contributed by atoms with Gasteiger partial charge in [-0.1, -0.05) is 35.9 Å². The Hall–Kier alpha value is -2.00. The van der Waals surface area contributed by atoms with Gasteiger partial charge in [-0.25, -0.2) is 0 Å². The lowest BCUT2D eigenvalue weighted by atomic mass is 9.88. The number of Topliss-reactive ketones (excluding diaryl/α,β-unsaturated/α-hetero) is 1. The minimum absolute atomic E-state index is 0.133. The predicted octanol–water partition coefficient (Wildman–Crippen LogP) is 3.70. The normalized spacial score (nSPS) is 16.2. The first-order valence-electron chi connectivity index (χ1n) is 8.85. The van der Waals surface area contributed by atoms with Gasteiger partial charge in [0.2, 0.25) is 0 Å². The summed E-state index contributed by atoms with van der Waals surface area (Å²) in [4.78, 5) is 19.6. The zero-order chi connectivity index (χ0) is 16.9. The van der Waals surface area contributed by atoms with Crippen molar-refractivity contribution in [3.8, 4) is 0 Å². The van der Waals surface area contributed by atoms with E-state index >= 15 is 0 Å². The van der Waals surface area contributed by atoms with Crippen molar-refractivity contribution in [2.75, 3.05) is 20.1 Å². The Labute approximate surface area is 144 Å². The number of nitrogens with zero attached hydrogens (tertiary/aromatic N) is 2. The molecule has 1 aliphatic heterocycles. The molecule has 0 radical (unpaired) electrons. The molecule has 2 aromatic rings. The van der Waals surface area contributed by atoms with E-state index in [1.165, 1.54) is 11.1 Å². The van der Waals surface area contributed by atoms with Gasteiger partial charge in [-0.15, -0.1) is 0 Å². The maximum absolute atomic E-state index is 12.9. The molecule has 0 bridgehead atoms. The molecule has 0 saturated carbocycles. The van der Waals surface area contributed by atoms with Crippen LogP contribution in [0.25, 0.3) is 0 Å². The summed E-state index contributed by atoms with van der Waals surface area (Å²) in [5.74, 6) is 0.372. The summed E-state index contributed by atoms with van der Waals surface area (Å²) >= 11 is 0. The highest BCUT2D eigenvalue weighted by Crippen LogP contribution is 2.22. The Bertz CT molecular complexity index is 702. The lowest BCUT2D eigenvalue weighted by Crippen LogP contribution is -2.34. The monoisotopic (exact) mass is 322 g/mol.